The standard InChI is InChI=1S/C9H6BrClFN3O2S2/c10-7-3-14-9(18-7)15-19(16,17)6-2-4(13)1-5(11)8(6)12/h1-3H,13H2,(H,14,15). The minimum Gasteiger partial charge on any atom is -0.399 e. The number of hydrogen-bond acceptors (Lipinski definition) is 5. The molecule has 1 aromatic carbocycles. The van der Waals surface area contributed by atoms with E-state index in [-0.39, 0.29) is 15.8 Å². The first-order valence-electron chi connectivity index (χ1n) is 4.68. The van der Waals surface area contributed by atoms with Crippen LogP contribution in [0.5, 0.6) is 0 Å². The predicted molar refractivity (Wildman–Crippen MR) is 76.4 cm³/mol. The largest absolute Gasteiger partial charge is 0.399 e. The summed E-state index contributed by atoms with van der Waals surface area (Å²) < 4.78 is 40.6. The molecule has 0 spiro atoms. The molecule has 0 bridgehead atoms. The number of thiazole rings is 1. The van der Waals surface area contributed by atoms with E-state index in [0.717, 1.165) is 23.5 Å². The van der Waals surface area contributed by atoms with E-state index < -0.39 is 20.7 Å². The highest BCUT2D eigenvalue weighted by Crippen LogP contribution is 2.29. The van der Waals surface area contributed by atoms with Crippen LogP contribution in [-0.2, 0) is 10.0 Å². The highest BCUT2D eigenvalue weighted by molar-refractivity contribution is 9.11. The summed E-state index contributed by atoms with van der Waals surface area (Å²) in [6, 6.07) is 2.13. The van der Waals surface area contributed by atoms with Crippen molar-refractivity contribution in [1.29, 1.82) is 0 Å². The van der Waals surface area contributed by atoms with Crippen LogP contribution < -0.4 is 10.5 Å². The molecule has 2 aromatic rings. The topological polar surface area (TPSA) is 85.1 Å². The van der Waals surface area contributed by atoms with Crippen molar-refractivity contribution in [1.82, 2.24) is 4.98 Å². The summed E-state index contributed by atoms with van der Waals surface area (Å²) in [5.41, 5.74) is 5.51. The molecule has 2 rings (SSSR count). The first kappa shape index (κ1) is 14.5. The molecule has 19 heavy (non-hydrogen) atoms. The van der Waals surface area contributed by atoms with Crippen LogP contribution in [0.25, 0.3) is 0 Å². The first-order valence-corrected chi connectivity index (χ1v) is 8.15. The number of anilines is 2. The molecule has 1 heterocycles. The van der Waals surface area contributed by atoms with Crippen LogP contribution in [0.4, 0.5) is 15.2 Å². The summed E-state index contributed by atoms with van der Waals surface area (Å²) in [7, 11) is -4.14. The predicted octanol–water partition coefficient (Wildman–Crippen LogP) is 3.08. The minimum atomic E-state index is -4.14. The third kappa shape index (κ3) is 3.16. The van der Waals surface area contributed by atoms with Crippen LogP contribution in [0.3, 0.4) is 0 Å². The molecule has 0 atom stereocenters. The van der Waals surface area contributed by atoms with E-state index in [1.54, 1.807) is 0 Å². The van der Waals surface area contributed by atoms with E-state index in [1.165, 1.54) is 6.20 Å². The van der Waals surface area contributed by atoms with Crippen molar-refractivity contribution in [3.05, 3.63) is 33.0 Å². The molecule has 0 saturated carbocycles. The Hall–Kier alpha value is -0.900. The van der Waals surface area contributed by atoms with E-state index in [1.807, 2.05) is 0 Å². The maximum Gasteiger partial charge on any atom is 0.266 e. The Kier molecular flexibility index (Phi) is 4.00. The average molecular weight is 387 g/mol. The van der Waals surface area contributed by atoms with Gasteiger partial charge in [0.15, 0.2) is 10.9 Å². The van der Waals surface area contributed by atoms with Crippen LogP contribution in [0.2, 0.25) is 5.02 Å². The molecule has 0 amide bonds. The molecule has 0 fully saturated rings. The van der Waals surface area contributed by atoms with Gasteiger partial charge in [0.2, 0.25) is 0 Å². The van der Waals surface area contributed by atoms with E-state index >= 15 is 0 Å². The fourth-order valence-electron chi connectivity index (χ4n) is 1.25. The maximum absolute atomic E-state index is 13.8. The lowest BCUT2D eigenvalue weighted by Gasteiger charge is -2.08. The number of benzene rings is 1. The summed E-state index contributed by atoms with van der Waals surface area (Å²) >= 11 is 9.76. The zero-order chi connectivity index (χ0) is 14.2. The quantitative estimate of drug-likeness (QED) is 0.794. The van der Waals surface area contributed by atoms with Crippen LogP contribution in [0.15, 0.2) is 27.0 Å². The molecular weight excluding hydrogens is 381 g/mol. The zero-order valence-electron chi connectivity index (χ0n) is 9.02. The Morgan fingerprint density at radius 2 is 2.16 bits per heavy atom. The summed E-state index contributed by atoms with van der Waals surface area (Å²) in [5.74, 6) is -1.06. The van der Waals surface area contributed by atoms with Crippen molar-refractivity contribution in [2.45, 2.75) is 4.90 Å². The number of nitrogens with zero attached hydrogens (tertiary/aromatic N) is 1. The van der Waals surface area contributed by atoms with Crippen molar-refractivity contribution in [2.75, 3.05) is 10.5 Å². The monoisotopic (exact) mass is 385 g/mol. The summed E-state index contributed by atoms with van der Waals surface area (Å²) in [6.45, 7) is 0. The van der Waals surface area contributed by atoms with Gasteiger partial charge in [-0.1, -0.05) is 22.9 Å². The molecule has 0 radical (unpaired) electrons. The van der Waals surface area contributed by atoms with Gasteiger partial charge >= 0.3 is 0 Å². The van der Waals surface area contributed by atoms with E-state index in [2.05, 4.69) is 25.6 Å². The molecule has 1 aromatic heterocycles. The Bertz CT molecular complexity index is 735. The fraction of sp³-hybridized carbons (Fsp3) is 0. The Labute approximate surface area is 125 Å². The second-order valence-electron chi connectivity index (χ2n) is 3.39. The highest BCUT2D eigenvalue weighted by atomic mass is 79.9. The van der Waals surface area contributed by atoms with Gasteiger partial charge in [-0.15, -0.1) is 0 Å². The smallest absolute Gasteiger partial charge is 0.266 e. The normalized spacial score (nSPS) is 11.5. The average Bonchev–Trinajstić information content (AvgIpc) is 2.68. The second kappa shape index (κ2) is 5.23. The van der Waals surface area contributed by atoms with Gasteiger partial charge in [0, 0.05) is 5.69 Å². The summed E-state index contributed by atoms with van der Waals surface area (Å²) in [5, 5.41) is -0.259. The third-order valence-electron chi connectivity index (χ3n) is 2.01. The number of nitrogen functional groups attached to an aromatic ring is 1. The number of aromatic nitrogens is 1. The lowest BCUT2D eigenvalue weighted by molar-refractivity contribution is 0.571. The fourth-order valence-corrected chi connectivity index (χ4v) is 4.02. The van der Waals surface area contributed by atoms with Gasteiger partial charge in [-0.25, -0.2) is 17.8 Å². The highest BCUT2D eigenvalue weighted by Gasteiger charge is 2.23. The van der Waals surface area contributed by atoms with Crippen molar-refractivity contribution in [2.24, 2.45) is 0 Å². The minimum absolute atomic E-state index is 0.0482. The number of nitrogens with one attached hydrogen (secondary N) is 1. The second-order valence-corrected chi connectivity index (χ2v) is 7.86. The van der Waals surface area contributed by atoms with Crippen molar-refractivity contribution >= 4 is 59.7 Å². The maximum atomic E-state index is 13.8. The molecule has 10 heteroatoms. The van der Waals surface area contributed by atoms with Gasteiger partial charge in [-0.2, -0.15) is 0 Å². The zero-order valence-corrected chi connectivity index (χ0v) is 13.0. The van der Waals surface area contributed by atoms with Gasteiger partial charge in [-0.05, 0) is 28.1 Å². The number of halogens is 3. The Morgan fingerprint density at radius 3 is 2.74 bits per heavy atom. The molecule has 0 unspecified atom stereocenters. The van der Waals surface area contributed by atoms with E-state index in [4.69, 9.17) is 17.3 Å². The molecule has 5 nitrogen and oxygen atoms in total. The van der Waals surface area contributed by atoms with Crippen LogP contribution in [-0.4, -0.2) is 13.4 Å². The van der Waals surface area contributed by atoms with E-state index in [0.29, 0.717) is 3.79 Å². The summed E-state index contributed by atoms with van der Waals surface area (Å²) in [4.78, 5) is 3.17. The molecule has 0 aliphatic carbocycles. The molecular formula is C9H6BrClFN3O2S2. The van der Waals surface area contributed by atoms with Crippen LogP contribution in [0, 0.1) is 5.82 Å². The lowest BCUT2D eigenvalue weighted by atomic mass is 10.3. The Morgan fingerprint density at radius 1 is 1.47 bits per heavy atom. The number of rotatable bonds is 3. The van der Waals surface area contributed by atoms with Gasteiger partial charge < -0.3 is 5.73 Å². The number of sulfonamides is 1. The van der Waals surface area contributed by atoms with Gasteiger partial charge in [0.1, 0.15) is 4.90 Å². The van der Waals surface area contributed by atoms with Crippen molar-refractivity contribution in [3.8, 4) is 0 Å². The van der Waals surface area contributed by atoms with Crippen LogP contribution in [0.1, 0.15) is 0 Å². The summed E-state index contributed by atoms with van der Waals surface area (Å²) in [6.07, 6.45) is 1.42. The van der Waals surface area contributed by atoms with Crippen molar-refractivity contribution < 1.29 is 12.8 Å². The molecule has 0 aliphatic heterocycles. The number of nitrogens with two attached hydrogens (primary N) is 1. The third-order valence-corrected chi connectivity index (χ3v) is 5.14. The van der Waals surface area contributed by atoms with Crippen LogP contribution >= 0.6 is 38.9 Å². The first-order chi connectivity index (χ1) is 8.79. The van der Waals surface area contributed by atoms with Crippen molar-refractivity contribution in [3.63, 3.8) is 0 Å². The van der Waals surface area contributed by atoms with Gasteiger partial charge in [0.05, 0.1) is 15.0 Å². The van der Waals surface area contributed by atoms with E-state index in [9.17, 15) is 12.8 Å². The van der Waals surface area contributed by atoms with Gasteiger partial charge in [-0.3, -0.25) is 4.72 Å². The number of hydrogen-bond donors (Lipinski definition) is 2. The molecule has 102 valence electrons. The lowest BCUT2D eigenvalue weighted by Crippen LogP contribution is -2.15. The molecule has 0 saturated heterocycles. The SMILES string of the molecule is Nc1cc(Cl)c(F)c(S(=O)(=O)Nc2ncc(Br)s2)c1. The molecule has 0 aliphatic rings. The van der Waals surface area contributed by atoms with Gasteiger partial charge in [0.25, 0.3) is 10.0 Å². The Balaban J connectivity index is 2.45. The molecule has 3 N–H and O–H groups in total.